The van der Waals surface area contributed by atoms with Crippen LogP contribution in [0.5, 0.6) is 0 Å². The van der Waals surface area contributed by atoms with Gasteiger partial charge in [-0.1, -0.05) is 13.3 Å². The number of sulfonamides is 1. The topological polar surface area (TPSA) is 50.3 Å². The van der Waals surface area contributed by atoms with E-state index in [4.69, 9.17) is 0 Å². The van der Waals surface area contributed by atoms with E-state index < -0.39 is 20.9 Å². The predicted molar refractivity (Wildman–Crippen MR) is 58.9 cm³/mol. The van der Waals surface area contributed by atoms with Gasteiger partial charge < -0.3 is 0 Å². The van der Waals surface area contributed by atoms with Gasteiger partial charge in [-0.05, 0) is 18.6 Å². The fraction of sp³-hybridized carbons (Fsp3) is 0.500. The van der Waals surface area contributed by atoms with Gasteiger partial charge in [-0.25, -0.2) is 17.8 Å². The Kier molecular flexibility index (Phi) is 4.37. The summed E-state index contributed by atoms with van der Waals surface area (Å²) in [5.74, 6) is -0.814. The zero-order valence-electron chi connectivity index (χ0n) is 9.35. The van der Waals surface area contributed by atoms with Crippen LogP contribution in [0.4, 0.5) is 4.39 Å². The van der Waals surface area contributed by atoms with E-state index in [2.05, 4.69) is 4.98 Å². The monoisotopic (exact) mass is 246 g/mol. The van der Waals surface area contributed by atoms with Crippen molar-refractivity contribution in [1.29, 1.82) is 0 Å². The Morgan fingerprint density at radius 3 is 2.75 bits per heavy atom. The Hall–Kier alpha value is -1.01. The fourth-order valence-electron chi connectivity index (χ4n) is 1.21. The lowest BCUT2D eigenvalue weighted by atomic mass is 10.3. The van der Waals surface area contributed by atoms with Crippen LogP contribution < -0.4 is 0 Å². The highest BCUT2D eigenvalue weighted by molar-refractivity contribution is 7.89. The highest BCUT2D eigenvalue weighted by Gasteiger charge is 2.25. The minimum atomic E-state index is -3.79. The summed E-state index contributed by atoms with van der Waals surface area (Å²) in [6, 6.07) is 2.45. The minimum absolute atomic E-state index is 0.370. The summed E-state index contributed by atoms with van der Waals surface area (Å²) < 4.78 is 38.2. The maximum atomic E-state index is 13.3. The molecule has 0 bridgehead atoms. The van der Waals surface area contributed by atoms with Gasteiger partial charge in [0.15, 0.2) is 5.82 Å². The highest BCUT2D eigenvalue weighted by atomic mass is 32.2. The van der Waals surface area contributed by atoms with Gasteiger partial charge in [-0.15, -0.1) is 0 Å². The van der Waals surface area contributed by atoms with Gasteiger partial charge in [-0.3, -0.25) is 0 Å². The van der Waals surface area contributed by atoms with E-state index in [1.54, 1.807) is 0 Å². The van der Waals surface area contributed by atoms with Crippen LogP contribution in [0.1, 0.15) is 19.8 Å². The molecule has 1 aromatic rings. The largest absolute Gasteiger partial charge is 0.263 e. The van der Waals surface area contributed by atoms with Crippen LogP contribution in [0.15, 0.2) is 23.4 Å². The second kappa shape index (κ2) is 5.36. The standard InChI is InChI=1S/C10H15FN2O2S/c1-3-4-8-13(2)16(14,15)10-9(11)6-5-7-12-10/h5-7H,3-4,8H2,1-2H3. The Bertz CT molecular complexity index is 448. The SMILES string of the molecule is CCCCN(C)S(=O)(=O)c1ncccc1F. The van der Waals surface area contributed by atoms with E-state index in [-0.39, 0.29) is 0 Å². The molecule has 0 amide bonds. The van der Waals surface area contributed by atoms with E-state index in [0.717, 1.165) is 23.2 Å². The molecule has 0 aromatic carbocycles. The molecule has 0 saturated carbocycles. The summed E-state index contributed by atoms with van der Waals surface area (Å²) in [5.41, 5.74) is 0. The van der Waals surface area contributed by atoms with Crippen molar-refractivity contribution in [2.75, 3.05) is 13.6 Å². The second-order valence-electron chi connectivity index (χ2n) is 3.47. The Labute approximate surface area is 95.2 Å². The zero-order valence-corrected chi connectivity index (χ0v) is 10.2. The Morgan fingerprint density at radius 2 is 2.19 bits per heavy atom. The van der Waals surface area contributed by atoms with Crippen LogP contribution >= 0.6 is 0 Å². The van der Waals surface area contributed by atoms with Crippen molar-refractivity contribution in [1.82, 2.24) is 9.29 Å². The molecule has 1 heterocycles. The average Bonchev–Trinajstić information content (AvgIpc) is 2.26. The lowest BCUT2D eigenvalue weighted by Gasteiger charge is -2.16. The quantitative estimate of drug-likeness (QED) is 0.793. The van der Waals surface area contributed by atoms with E-state index in [0.29, 0.717) is 6.54 Å². The van der Waals surface area contributed by atoms with Crippen molar-refractivity contribution >= 4 is 10.0 Å². The summed E-state index contributed by atoms with van der Waals surface area (Å²) in [6.07, 6.45) is 2.89. The van der Waals surface area contributed by atoms with Crippen LogP contribution in [0.2, 0.25) is 0 Å². The molecule has 0 unspecified atom stereocenters. The molecule has 0 aliphatic rings. The Balaban J connectivity index is 2.98. The maximum Gasteiger partial charge on any atom is 0.263 e. The van der Waals surface area contributed by atoms with Gasteiger partial charge in [0.1, 0.15) is 0 Å². The first-order valence-electron chi connectivity index (χ1n) is 5.07. The minimum Gasteiger partial charge on any atom is -0.241 e. The van der Waals surface area contributed by atoms with E-state index in [9.17, 15) is 12.8 Å². The van der Waals surface area contributed by atoms with E-state index in [1.807, 2.05) is 6.92 Å². The summed E-state index contributed by atoms with van der Waals surface area (Å²) in [4.78, 5) is 3.57. The maximum absolute atomic E-state index is 13.3. The molecule has 1 aromatic heterocycles. The summed E-state index contributed by atoms with van der Waals surface area (Å²) in [6.45, 7) is 2.33. The van der Waals surface area contributed by atoms with Crippen LogP contribution in [0.25, 0.3) is 0 Å². The van der Waals surface area contributed by atoms with Gasteiger partial charge in [0.05, 0.1) is 0 Å². The number of nitrogens with zero attached hydrogens (tertiary/aromatic N) is 2. The summed E-state index contributed by atoms with van der Waals surface area (Å²) >= 11 is 0. The van der Waals surface area contributed by atoms with Gasteiger partial charge in [0.25, 0.3) is 10.0 Å². The molecular weight excluding hydrogens is 231 g/mol. The van der Waals surface area contributed by atoms with E-state index >= 15 is 0 Å². The molecule has 6 heteroatoms. The normalized spacial score (nSPS) is 12.0. The Morgan fingerprint density at radius 1 is 1.50 bits per heavy atom. The van der Waals surface area contributed by atoms with Crippen molar-refractivity contribution in [3.63, 3.8) is 0 Å². The third kappa shape index (κ3) is 2.76. The molecule has 0 fully saturated rings. The number of rotatable bonds is 5. The van der Waals surface area contributed by atoms with Crippen LogP contribution in [-0.4, -0.2) is 31.3 Å². The molecule has 0 saturated heterocycles. The third-order valence-electron chi connectivity index (χ3n) is 2.21. The third-order valence-corrected chi connectivity index (χ3v) is 4.00. The molecule has 0 N–H and O–H groups in total. The van der Waals surface area contributed by atoms with Crippen molar-refractivity contribution in [3.8, 4) is 0 Å². The van der Waals surface area contributed by atoms with Gasteiger partial charge in [0.2, 0.25) is 5.03 Å². The molecule has 0 spiro atoms. The first kappa shape index (κ1) is 13.1. The summed E-state index contributed by atoms with van der Waals surface area (Å²) in [5, 5.41) is -0.506. The fourth-order valence-corrected chi connectivity index (χ4v) is 2.38. The molecule has 1 rings (SSSR count). The molecule has 0 aliphatic heterocycles. The number of halogens is 1. The highest BCUT2D eigenvalue weighted by Crippen LogP contribution is 2.15. The van der Waals surface area contributed by atoms with Crippen LogP contribution in [0, 0.1) is 5.82 Å². The van der Waals surface area contributed by atoms with Crippen molar-refractivity contribution in [3.05, 3.63) is 24.1 Å². The lowest BCUT2D eigenvalue weighted by Crippen LogP contribution is -2.29. The number of hydrogen-bond donors (Lipinski definition) is 0. The number of pyridine rings is 1. The first-order valence-corrected chi connectivity index (χ1v) is 6.51. The second-order valence-corrected chi connectivity index (χ2v) is 5.43. The number of aromatic nitrogens is 1. The van der Waals surface area contributed by atoms with E-state index in [1.165, 1.54) is 19.3 Å². The molecular formula is C10H15FN2O2S. The molecule has 4 nitrogen and oxygen atoms in total. The predicted octanol–water partition coefficient (Wildman–Crippen LogP) is 1.64. The van der Waals surface area contributed by atoms with Crippen LogP contribution in [-0.2, 0) is 10.0 Å². The van der Waals surface area contributed by atoms with Crippen molar-refractivity contribution in [2.24, 2.45) is 0 Å². The molecule has 0 atom stereocenters. The molecule has 90 valence electrons. The average molecular weight is 246 g/mol. The summed E-state index contributed by atoms with van der Waals surface area (Å²) in [7, 11) is -2.36. The van der Waals surface area contributed by atoms with Crippen molar-refractivity contribution in [2.45, 2.75) is 24.8 Å². The van der Waals surface area contributed by atoms with Gasteiger partial charge in [-0.2, -0.15) is 4.31 Å². The van der Waals surface area contributed by atoms with Crippen LogP contribution in [0.3, 0.4) is 0 Å². The number of hydrogen-bond acceptors (Lipinski definition) is 3. The molecule has 16 heavy (non-hydrogen) atoms. The zero-order chi connectivity index (χ0) is 12.2. The van der Waals surface area contributed by atoms with Crippen molar-refractivity contribution < 1.29 is 12.8 Å². The lowest BCUT2D eigenvalue weighted by molar-refractivity contribution is 0.449. The number of unbranched alkanes of at least 4 members (excludes halogenated alkanes) is 1. The molecule has 0 aliphatic carbocycles. The van der Waals surface area contributed by atoms with Gasteiger partial charge in [0, 0.05) is 19.8 Å². The van der Waals surface area contributed by atoms with Gasteiger partial charge >= 0.3 is 0 Å². The molecule has 0 radical (unpaired) electrons. The smallest absolute Gasteiger partial charge is 0.241 e. The first-order chi connectivity index (χ1) is 7.50.